The summed E-state index contributed by atoms with van der Waals surface area (Å²) < 4.78 is 31.9. The van der Waals surface area contributed by atoms with Crippen LogP contribution >= 0.6 is 0 Å². The molecule has 2 saturated heterocycles. The summed E-state index contributed by atoms with van der Waals surface area (Å²) in [7, 11) is 1.63. The minimum Gasteiger partial charge on any atom is -0.497 e. The van der Waals surface area contributed by atoms with E-state index >= 15 is 0 Å². The van der Waals surface area contributed by atoms with E-state index in [1.54, 1.807) is 12.0 Å². The highest BCUT2D eigenvalue weighted by Gasteiger charge is 2.33. The average molecular weight is 430 g/mol. The van der Waals surface area contributed by atoms with Crippen molar-refractivity contribution in [3.63, 3.8) is 0 Å². The lowest BCUT2D eigenvalue weighted by molar-refractivity contribution is -0.131. The van der Waals surface area contributed by atoms with Gasteiger partial charge in [-0.3, -0.25) is 9.69 Å². The van der Waals surface area contributed by atoms with E-state index in [-0.39, 0.29) is 24.2 Å². The zero-order valence-electron chi connectivity index (χ0n) is 17.3. The fourth-order valence-electron chi connectivity index (χ4n) is 3.91. The summed E-state index contributed by atoms with van der Waals surface area (Å²) in [4.78, 5) is 32.2. The summed E-state index contributed by atoms with van der Waals surface area (Å²) in [6.45, 7) is 3.14. The highest BCUT2D eigenvalue weighted by Crippen LogP contribution is 2.24. The minimum atomic E-state index is -1.01. The van der Waals surface area contributed by atoms with Crippen LogP contribution in [0.1, 0.15) is 0 Å². The largest absolute Gasteiger partial charge is 0.497 e. The first-order valence-corrected chi connectivity index (χ1v) is 10.1. The maximum absolute atomic E-state index is 13.5. The number of rotatable bonds is 5. The second-order valence-electron chi connectivity index (χ2n) is 7.52. The Labute approximate surface area is 179 Å². The Morgan fingerprint density at radius 2 is 1.71 bits per heavy atom. The summed E-state index contributed by atoms with van der Waals surface area (Å²) in [5.41, 5.74) is 1.33. The molecular formula is C22H24F2N4O3. The number of methoxy groups -OCH3 is 1. The van der Waals surface area contributed by atoms with Crippen LogP contribution in [0.4, 0.5) is 25.0 Å². The lowest BCUT2D eigenvalue weighted by atomic mass is 10.2. The van der Waals surface area contributed by atoms with Crippen molar-refractivity contribution in [1.82, 2.24) is 9.80 Å². The van der Waals surface area contributed by atoms with E-state index in [0.29, 0.717) is 39.3 Å². The molecule has 0 saturated carbocycles. The van der Waals surface area contributed by atoms with Gasteiger partial charge in [0, 0.05) is 62.8 Å². The van der Waals surface area contributed by atoms with Gasteiger partial charge in [-0.1, -0.05) is 6.07 Å². The van der Waals surface area contributed by atoms with Gasteiger partial charge < -0.3 is 19.4 Å². The summed E-state index contributed by atoms with van der Waals surface area (Å²) in [6.07, 6.45) is 0. The Kier molecular flexibility index (Phi) is 5.92. The fraction of sp³-hybridized carbons (Fsp3) is 0.364. The van der Waals surface area contributed by atoms with Gasteiger partial charge in [0.25, 0.3) is 0 Å². The smallest absolute Gasteiger partial charge is 0.325 e. The Bertz CT molecular complexity index is 979. The number of hydrogen-bond donors (Lipinski definition) is 0. The number of carbonyl (C=O) groups is 2. The summed E-state index contributed by atoms with van der Waals surface area (Å²) >= 11 is 0. The Morgan fingerprint density at radius 1 is 0.935 bits per heavy atom. The van der Waals surface area contributed by atoms with Crippen molar-refractivity contribution in [2.45, 2.75) is 0 Å². The lowest BCUT2D eigenvalue weighted by Gasteiger charge is -2.36. The van der Waals surface area contributed by atoms with E-state index in [0.717, 1.165) is 23.6 Å². The van der Waals surface area contributed by atoms with Crippen molar-refractivity contribution >= 4 is 23.3 Å². The molecule has 2 aromatic carbocycles. The molecule has 9 heteroatoms. The SMILES string of the molecule is COc1cccc(N2CCN(C(=O)CN3CCN(c4ccc(F)c(F)c4)C3=O)CC2)c1. The van der Waals surface area contributed by atoms with Gasteiger partial charge in [-0.05, 0) is 24.3 Å². The first-order valence-electron chi connectivity index (χ1n) is 10.1. The zero-order valence-corrected chi connectivity index (χ0v) is 17.3. The molecule has 7 nitrogen and oxygen atoms in total. The van der Waals surface area contributed by atoms with Gasteiger partial charge in [-0.2, -0.15) is 0 Å². The van der Waals surface area contributed by atoms with Gasteiger partial charge in [0.1, 0.15) is 12.3 Å². The van der Waals surface area contributed by atoms with E-state index in [1.165, 1.54) is 15.9 Å². The number of ether oxygens (including phenoxy) is 1. The zero-order chi connectivity index (χ0) is 22.0. The highest BCUT2D eigenvalue weighted by molar-refractivity contribution is 5.96. The molecule has 31 heavy (non-hydrogen) atoms. The fourth-order valence-corrected chi connectivity index (χ4v) is 3.91. The standard InChI is InChI=1S/C22H24F2N4O3/c1-31-18-4-2-3-16(13-18)25-7-9-26(10-8-25)21(29)15-27-11-12-28(22(27)30)17-5-6-19(23)20(24)14-17/h2-6,13-14H,7-12,15H2,1H3. The van der Waals surface area contributed by atoms with Gasteiger partial charge in [0.2, 0.25) is 5.91 Å². The van der Waals surface area contributed by atoms with Crippen LogP contribution in [0.3, 0.4) is 0 Å². The summed E-state index contributed by atoms with van der Waals surface area (Å²) in [5, 5.41) is 0. The van der Waals surface area contributed by atoms with Crippen LogP contribution in [0.25, 0.3) is 0 Å². The highest BCUT2D eigenvalue weighted by atomic mass is 19.2. The molecule has 0 aromatic heterocycles. The number of urea groups is 1. The first kappa shape index (κ1) is 20.9. The number of halogens is 2. The Hall–Kier alpha value is -3.36. The van der Waals surface area contributed by atoms with E-state index < -0.39 is 11.6 Å². The normalized spacial score (nSPS) is 16.8. The molecule has 0 bridgehead atoms. The number of nitrogens with zero attached hydrogens (tertiary/aromatic N) is 4. The van der Waals surface area contributed by atoms with Crippen molar-refractivity contribution < 1.29 is 23.1 Å². The lowest BCUT2D eigenvalue weighted by Crippen LogP contribution is -2.51. The monoisotopic (exact) mass is 430 g/mol. The number of piperazine rings is 1. The second kappa shape index (κ2) is 8.79. The maximum atomic E-state index is 13.5. The summed E-state index contributed by atoms with van der Waals surface area (Å²) in [6, 6.07) is 10.8. The number of amides is 3. The van der Waals surface area contributed by atoms with Gasteiger partial charge >= 0.3 is 6.03 Å². The molecule has 0 spiro atoms. The van der Waals surface area contributed by atoms with Crippen LogP contribution in [0.15, 0.2) is 42.5 Å². The third-order valence-electron chi connectivity index (χ3n) is 5.69. The molecule has 0 N–H and O–H groups in total. The molecule has 2 fully saturated rings. The van der Waals surface area contributed by atoms with Crippen LogP contribution in [0.2, 0.25) is 0 Å². The van der Waals surface area contributed by atoms with E-state index in [9.17, 15) is 18.4 Å². The topological polar surface area (TPSA) is 56.3 Å². The average Bonchev–Trinajstić information content (AvgIpc) is 3.15. The first-order chi connectivity index (χ1) is 15.0. The quantitative estimate of drug-likeness (QED) is 0.732. The van der Waals surface area contributed by atoms with Crippen LogP contribution in [0, 0.1) is 11.6 Å². The van der Waals surface area contributed by atoms with Crippen molar-refractivity contribution in [1.29, 1.82) is 0 Å². The number of benzene rings is 2. The molecule has 0 aliphatic carbocycles. The van der Waals surface area contributed by atoms with Gasteiger partial charge in [0.15, 0.2) is 11.6 Å². The third-order valence-corrected chi connectivity index (χ3v) is 5.69. The molecule has 0 atom stereocenters. The summed E-state index contributed by atoms with van der Waals surface area (Å²) in [5.74, 6) is -1.30. The van der Waals surface area contributed by atoms with E-state index in [4.69, 9.17) is 4.74 Å². The maximum Gasteiger partial charge on any atom is 0.325 e. The molecule has 3 amide bonds. The Balaban J connectivity index is 1.32. The van der Waals surface area contributed by atoms with Crippen molar-refractivity contribution in [2.24, 2.45) is 0 Å². The van der Waals surface area contributed by atoms with Crippen molar-refractivity contribution in [3.05, 3.63) is 54.1 Å². The Morgan fingerprint density at radius 3 is 2.42 bits per heavy atom. The molecule has 0 radical (unpaired) electrons. The molecule has 4 rings (SSSR count). The number of carbonyl (C=O) groups excluding carboxylic acids is 2. The second-order valence-corrected chi connectivity index (χ2v) is 7.52. The van der Waals surface area contributed by atoms with Crippen molar-refractivity contribution in [2.75, 3.05) is 62.7 Å². The van der Waals surface area contributed by atoms with E-state index in [2.05, 4.69) is 4.90 Å². The van der Waals surface area contributed by atoms with Gasteiger partial charge in [-0.25, -0.2) is 13.6 Å². The number of hydrogen-bond acceptors (Lipinski definition) is 4. The minimum absolute atomic E-state index is 0.0296. The van der Waals surface area contributed by atoms with Crippen LogP contribution < -0.4 is 14.5 Å². The molecule has 2 aromatic rings. The molecular weight excluding hydrogens is 406 g/mol. The molecule has 2 aliphatic heterocycles. The van der Waals surface area contributed by atoms with Gasteiger partial charge in [-0.15, -0.1) is 0 Å². The predicted molar refractivity (Wildman–Crippen MR) is 112 cm³/mol. The molecule has 164 valence electrons. The third kappa shape index (κ3) is 4.40. The van der Waals surface area contributed by atoms with Crippen LogP contribution in [-0.4, -0.2) is 74.7 Å². The molecule has 2 heterocycles. The number of anilines is 2. The van der Waals surface area contributed by atoms with E-state index in [1.807, 2.05) is 24.3 Å². The van der Waals surface area contributed by atoms with Crippen LogP contribution in [0.5, 0.6) is 5.75 Å². The molecule has 0 unspecified atom stereocenters. The van der Waals surface area contributed by atoms with Crippen LogP contribution in [-0.2, 0) is 4.79 Å². The van der Waals surface area contributed by atoms with Crippen molar-refractivity contribution in [3.8, 4) is 5.75 Å². The van der Waals surface area contributed by atoms with Gasteiger partial charge in [0.05, 0.1) is 7.11 Å². The predicted octanol–water partition coefficient (Wildman–Crippen LogP) is 2.56. The molecule has 2 aliphatic rings.